The third-order valence-corrected chi connectivity index (χ3v) is 3.62. The van der Waals surface area contributed by atoms with Gasteiger partial charge < -0.3 is 10.1 Å². The maximum absolute atomic E-state index is 5.90. The Bertz CT molecular complexity index is 616. The predicted molar refractivity (Wildman–Crippen MR) is 76.9 cm³/mol. The Morgan fingerprint density at radius 1 is 1.40 bits per heavy atom. The van der Waals surface area contributed by atoms with E-state index >= 15 is 0 Å². The smallest absolute Gasteiger partial charge is 0.219 e. The lowest BCUT2D eigenvalue weighted by molar-refractivity contribution is 0.454. The molecule has 0 unspecified atom stereocenters. The van der Waals surface area contributed by atoms with Gasteiger partial charge in [0.15, 0.2) is 5.75 Å². The zero-order chi connectivity index (χ0) is 14.1. The Hall–Kier alpha value is -1.88. The van der Waals surface area contributed by atoms with Gasteiger partial charge >= 0.3 is 0 Å². The van der Waals surface area contributed by atoms with E-state index in [-0.39, 0.29) is 0 Å². The van der Waals surface area contributed by atoms with Crippen molar-refractivity contribution in [1.82, 2.24) is 20.1 Å². The van der Waals surface area contributed by atoms with Crippen LogP contribution in [0.3, 0.4) is 0 Å². The quantitative estimate of drug-likeness (QED) is 0.908. The Balaban J connectivity index is 1.74. The van der Waals surface area contributed by atoms with Crippen LogP contribution in [0.1, 0.15) is 29.8 Å². The van der Waals surface area contributed by atoms with E-state index in [0.29, 0.717) is 11.9 Å². The minimum absolute atomic E-state index is 0.624. The summed E-state index contributed by atoms with van der Waals surface area (Å²) < 4.78 is 7.72. The molecule has 0 spiro atoms. The molecule has 0 amide bonds. The lowest BCUT2D eigenvalue weighted by atomic mass is 10.2. The molecular weight excluding hydrogens is 252 g/mol. The topological polar surface area (TPSA) is 52.0 Å². The highest BCUT2D eigenvalue weighted by atomic mass is 16.5. The van der Waals surface area contributed by atoms with Crippen LogP contribution in [-0.2, 0) is 13.6 Å². The summed E-state index contributed by atoms with van der Waals surface area (Å²) in [6, 6.07) is 4.71. The SMILES string of the molecule is Cc1nn(C)c(C)c1Oc1cc(CNC2CC2)ccn1. The van der Waals surface area contributed by atoms with Gasteiger partial charge in [0, 0.05) is 31.9 Å². The number of hydrogen-bond acceptors (Lipinski definition) is 4. The molecule has 5 heteroatoms. The van der Waals surface area contributed by atoms with Gasteiger partial charge in [-0.2, -0.15) is 5.10 Å². The van der Waals surface area contributed by atoms with E-state index in [1.807, 2.05) is 37.7 Å². The maximum Gasteiger partial charge on any atom is 0.219 e. The molecule has 3 rings (SSSR count). The fourth-order valence-corrected chi connectivity index (χ4v) is 2.17. The van der Waals surface area contributed by atoms with Crippen molar-refractivity contribution in [1.29, 1.82) is 0 Å². The summed E-state index contributed by atoms with van der Waals surface area (Å²) in [5, 5.41) is 7.84. The minimum atomic E-state index is 0.624. The Morgan fingerprint density at radius 3 is 2.85 bits per heavy atom. The Labute approximate surface area is 119 Å². The Kier molecular flexibility index (Phi) is 3.44. The number of nitrogens with one attached hydrogen (secondary N) is 1. The zero-order valence-corrected chi connectivity index (χ0v) is 12.2. The third-order valence-electron chi connectivity index (χ3n) is 3.62. The first-order valence-corrected chi connectivity index (χ1v) is 7.00. The monoisotopic (exact) mass is 272 g/mol. The summed E-state index contributed by atoms with van der Waals surface area (Å²) in [6.45, 7) is 4.81. The van der Waals surface area contributed by atoms with Gasteiger partial charge in [0.25, 0.3) is 0 Å². The molecule has 20 heavy (non-hydrogen) atoms. The van der Waals surface area contributed by atoms with Gasteiger partial charge in [-0.25, -0.2) is 4.98 Å². The first kappa shape index (κ1) is 13.1. The van der Waals surface area contributed by atoms with Crippen molar-refractivity contribution < 1.29 is 4.74 Å². The van der Waals surface area contributed by atoms with E-state index in [1.54, 1.807) is 6.20 Å². The number of pyridine rings is 1. The van der Waals surface area contributed by atoms with Crippen LogP contribution in [-0.4, -0.2) is 20.8 Å². The third kappa shape index (κ3) is 2.82. The van der Waals surface area contributed by atoms with Gasteiger partial charge in [-0.15, -0.1) is 0 Å². The molecule has 1 aliphatic rings. The van der Waals surface area contributed by atoms with E-state index in [2.05, 4.69) is 15.4 Å². The van der Waals surface area contributed by atoms with Gasteiger partial charge in [0.1, 0.15) is 5.69 Å². The van der Waals surface area contributed by atoms with E-state index in [1.165, 1.54) is 18.4 Å². The van der Waals surface area contributed by atoms with Crippen LogP contribution < -0.4 is 10.1 Å². The van der Waals surface area contributed by atoms with Crippen molar-refractivity contribution in [3.8, 4) is 11.6 Å². The van der Waals surface area contributed by atoms with Gasteiger partial charge in [-0.3, -0.25) is 4.68 Å². The molecule has 1 N–H and O–H groups in total. The molecule has 2 aromatic rings. The second-order valence-corrected chi connectivity index (χ2v) is 5.38. The predicted octanol–water partition coefficient (Wildman–Crippen LogP) is 2.48. The van der Waals surface area contributed by atoms with Crippen molar-refractivity contribution in [2.75, 3.05) is 0 Å². The molecule has 2 aromatic heterocycles. The number of aromatic nitrogens is 3. The van der Waals surface area contributed by atoms with Crippen molar-refractivity contribution in [3.63, 3.8) is 0 Å². The molecule has 106 valence electrons. The number of nitrogens with zero attached hydrogens (tertiary/aromatic N) is 3. The van der Waals surface area contributed by atoms with Gasteiger partial charge in [0.2, 0.25) is 5.88 Å². The molecule has 0 radical (unpaired) electrons. The van der Waals surface area contributed by atoms with E-state index in [9.17, 15) is 0 Å². The second kappa shape index (κ2) is 5.25. The number of rotatable bonds is 5. The summed E-state index contributed by atoms with van der Waals surface area (Å²) in [5.74, 6) is 1.42. The van der Waals surface area contributed by atoms with Crippen molar-refractivity contribution >= 4 is 0 Å². The van der Waals surface area contributed by atoms with Crippen LogP contribution in [0.4, 0.5) is 0 Å². The lowest BCUT2D eigenvalue weighted by Gasteiger charge is -2.07. The highest BCUT2D eigenvalue weighted by Crippen LogP contribution is 2.27. The summed E-state index contributed by atoms with van der Waals surface area (Å²) in [6.07, 6.45) is 4.38. The summed E-state index contributed by atoms with van der Waals surface area (Å²) in [4.78, 5) is 4.28. The molecule has 0 saturated heterocycles. The van der Waals surface area contributed by atoms with Crippen LogP contribution in [0.5, 0.6) is 11.6 Å². The first-order chi connectivity index (χ1) is 9.63. The summed E-state index contributed by atoms with van der Waals surface area (Å²) in [5.41, 5.74) is 3.08. The molecule has 0 atom stereocenters. The van der Waals surface area contributed by atoms with Crippen LogP contribution in [0, 0.1) is 13.8 Å². The molecule has 0 aromatic carbocycles. The minimum Gasteiger partial charge on any atom is -0.435 e. The van der Waals surface area contributed by atoms with Crippen LogP contribution >= 0.6 is 0 Å². The van der Waals surface area contributed by atoms with Crippen LogP contribution in [0.2, 0.25) is 0 Å². The van der Waals surface area contributed by atoms with Gasteiger partial charge in [-0.05, 0) is 38.3 Å². The molecule has 5 nitrogen and oxygen atoms in total. The molecule has 1 fully saturated rings. The lowest BCUT2D eigenvalue weighted by Crippen LogP contribution is -2.15. The fourth-order valence-electron chi connectivity index (χ4n) is 2.17. The summed E-state index contributed by atoms with van der Waals surface area (Å²) >= 11 is 0. The van der Waals surface area contributed by atoms with Gasteiger partial charge in [-0.1, -0.05) is 0 Å². The standard InChI is InChI=1S/C15H20N4O/c1-10-15(11(2)19(3)18-10)20-14-8-12(6-7-16-14)9-17-13-4-5-13/h6-8,13,17H,4-5,9H2,1-3H3. The normalized spacial score (nSPS) is 14.6. The number of hydrogen-bond donors (Lipinski definition) is 1. The largest absolute Gasteiger partial charge is 0.435 e. The number of ether oxygens (including phenoxy) is 1. The average Bonchev–Trinajstić information content (AvgIpc) is 3.22. The van der Waals surface area contributed by atoms with E-state index in [0.717, 1.165) is 23.7 Å². The van der Waals surface area contributed by atoms with Crippen molar-refractivity contribution in [3.05, 3.63) is 35.3 Å². The van der Waals surface area contributed by atoms with E-state index in [4.69, 9.17) is 4.74 Å². The molecule has 2 heterocycles. The molecule has 0 bridgehead atoms. The van der Waals surface area contributed by atoms with Crippen LogP contribution in [0.25, 0.3) is 0 Å². The fraction of sp³-hybridized carbons (Fsp3) is 0.467. The average molecular weight is 272 g/mol. The maximum atomic E-state index is 5.90. The summed E-state index contributed by atoms with van der Waals surface area (Å²) in [7, 11) is 1.92. The zero-order valence-electron chi connectivity index (χ0n) is 12.2. The number of aryl methyl sites for hydroxylation is 2. The molecule has 1 aliphatic carbocycles. The van der Waals surface area contributed by atoms with Crippen molar-refractivity contribution in [2.45, 2.75) is 39.3 Å². The van der Waals surface area contributed by atoms with Crippen molar-refractivity contribution in [2.24, 2.45) is 7.05 Å². The second-order valence-electron chi connectivity index (χ2n) is 5.38. The van der Waals surface area contributed by atoms with Crippen LogP contribution in [0.15, 0.2) is 18.3 Å². The molecular formula is C15H20N4O. The van der Waals surface area contributed by atoms with Gasteiger partial charge in [0.05, 0.1) is 5.69 Å². The molecule has 0 aliphatic heterocycles. The molecule has 1 saturated carbocycles. The first-order valence-electron chi connectivity index (χ1n) is 7.00. The Morgan fingerprint density at radius 2 is 2.20 bits per heavy atom. The highest BCUT2D eigenvalue weighted by molar-refractivity contribution is 5.35. The highest BCUT2D eigenvalue weighted by Gasteiger charge is 2.20. The van der Waals surface area contributed by atoms with E-state index < -0.39 is 0 Å².